The molecule has 1 aliphatic rings. The zero-order valence-electron chi connectivity index (χ0n) is 10.8. The lowest BCUT2D eigenvalue weighted by Crippen LogP contribution is -2.11. The van der Waals surface area contributed by atoms with Crippen molar-refractivity contribution in [1.29, 1.82) is 5.26 Å². The van der Waals surface area contributed by atoms with Gasteiger partial charge in [0.15, 0.2) is 6.10 Å². The monoisotopic (exact) mass is 285 g/mol. The second-order valence-electron chi connectivity index (χ2n) is 4.43. The first-order valence-corrected chi connectivity index (χ1v) is 6.96. The Balaban J connectivity index is 1.95. The summed E-state index contributed by atoms with van der Waals surface area (Å²) in [5, 5.41) is 8.68. The molecule has 0 amide bonds. The van der Waals surface area contributed by atoms with Crippen molar-refractivity contribution >= 4 is 17.3 Å². The molecule has 0 unspecified atom stereocenters. The molecule has 4 nitrogen and oxygen atoms in total. The van der Waals surface area contributed by atoms with Gasteiger partial charge >= 0.3 is 5.97 Å². The van der Waals surface area contributed by atoms with Crippen LogP contribution in [0.2, 0.25) is 0 Å². The quantitative estimate of drug-likeness (QED) is 0.794. The smallest absolute Gasteiger partial charge is 0.349 e. The summed E-state index contributed by atoms with van der Waals surface area (Å²) >= 11 is 1.37. The zero-order chi connectivity index (χ0) is 14.1. The van der Waals surface area contributed by atoms with Crippen LogP contribution < -0.4 is 4.74 Å². The fourth-order valence-corrected chi connectivity index (χ4v) is 3.13. The van der Waals surface area contributed by atoms with E-state index in [4.69, 9.17) is 14.7 Å². The molecule has 1 aliphatic heterocycles. The number of nitriles is 1. The number of carbonyl (C=O) groups excluding carboxylic acids is 1. The maximum Gasteiger partial charge on any atom is 0.349 e. The van der Waals surface area contributed by atoms with E-state index in [1.54, 1.807) is 13.0 Å². The van der Waals surface area contributed by atoms with Crippen molar-refractivity contribution in [1.82, 2.24) is 0 Å². The van der Waals surface area contributed by atoms with Crippen molar-refractivity contribution in [3.63, 3.8) is 0 Å². The average molecular weight is 285 g/mol. The first kappa shape index (κ1) is 12.7. The number of nitrogens with zero attached hydrogens (tertiary/aromatic N) is 1. The summed E-state index contributed by atoms with van der Waals surface area (Å²) in [4.78, 5) is 13.5. The van der Waals surface area contributed by atoms with Crippen LogP contribution in [0, 0.1) is 11.3 Å². The number of para-hydroxylation sites is 1. The number of esters is 1. The van der Waals surface area contributed by atoms with E-state index in [2.05, 4.69) is 0 Å². The summed E-state index contributed by atoms with van der Waals surface area (Å²) in [6, 6.07) is 11.4. The van der Waals surface area contributed by atoms with Crippen LogP contribution in [0.4, 0.5) is 0 Å². The predicted octanol–water partition coefficient (Wildman–Crippen LogP) is 3.38. The Bertz CT molecular complexity index is 714. The molecule has 0 radical (unpaired) electrons. The van der Waals surface area contributed by atoms with Gasteiger partial charge in [-0.1, -0.05) is 12.1 Å². The van der Waals surface area contributed by atoms with E-state index in [-0.39, 0.29) is 0 Å². The molecule has 0 saturated heterocycles. The van der Waals surface area contributed by atoms with E-state index in [0.717, 1.165) is 21.8 Å². The zero-order valence-corrected chi connectivity index (χ0v) is 11.6. The van der Waals surface area contributed by atoms with Crippen molar-refractivity contribution in [2.75, 3.05) is 0 Å². The molecule has 0 spiro atoms. The molecular weight excluding hydrogens is 274 g/mol. The highest BCUT2D eigenvalue weighted by atomic mass is 32.1. The van der Waals surface area contributed by atoms with Crippen molar-refractivity contribution in [2.45, 2.75) is 19.6 Å². The van der Waals surface area contributed by atoms with Crippen LogP contribution in [-0.2, 0) is 11.3 Å². The van der Waals surface area contributed by atoms with Crippen LogP contribution >= 0.6 is 11.3 Å². The highest BCUT2D eigenvalue weighted by Crippen LogP contribution is 2.42. The van der Waals surface area contributed by atoms with E-state index in [1.807, 2.05) is 30.3 Å². The summed E-state index contributed by atoms with van der Waals surface area (Å²) in [6.07, 6.45) is -0.745. The third-order valence-electron chi connectivity index (χ3n) is 2.99. The standard InChI is InChI=1S/C15H11NO3S/c1-9(7-16)19-15(17)13-6-10-8-18-12-5-3-2-4-11(12)14(10)20-13/h2-6,9H,8H2,1H3/t9-/m1/s1. The molecular formula is C15H11NO3S. The van der Waals surface area contributed by atoms with Gasteiger partial charge < -0.3 is 9.47 Å². The Morgan fingerprint density at radius 3 is 3.10 bits per heavy atom. The van der Waals surface area contributed by atoms with Crippen molar-refractivity contribution in [3.05, 3.63) is 40.8 Å². The number of hydrogen-bond acceptors (Lipinski definition) is 5. The molecule has 1 atom stereocenters. The minimum atomic E-state index is -0.745. The molecule has 20 heavy (non-hydrogen) atoms. The molecule has 100 valence electrons. The van der Waals surface area contributed by atoms with Crippen LogP contribution in [0.1, 0.15) is 22.2 Å². The Morgan fingerprint density at radius 1 is 1.50 bits per heavy atom. The van der Waals surface area contributed by atoms with E-state index >= 15 is 0 Å². The van der Waals surface area contributed by atoms with Gasteiger partial charge in [-0.2, -0.15) is 5.26 Å². The van der Waals surface area contributed by atoms with Gasteiger partial charge in [-0.05, 0) is 25.1 Å². The van der Waals surface area contributed by atoms with Gasteiger partial charge in [0, 0.05) is 16.0 Å². The summed E-state index contributed by atoms with van der Waals surface area (Å²) < 4.78 is 10.7. The molecule has 3 rings (SSSR count). The molecule has 0 fully saturated rings. The summed E-state index contributed by atoms with van der Waals surface area (Å²) in [7, 11) is 0. The van der Waals surface area contributed by atoms with Gasteiger partial charge in [-0.25, -0.2) is 4.79 Å². The topological polar surface area (TPSA) is 59.3 Å². The van der Waals surface area contributed by atoms with E-state index in [0.29, 0.717) is 11.5 Å². The molecule has 0 bridgehead atoms. The van der Waals surface area contributed by atoms with Gasteiger partial charge in [-0.3, -0.25) is 0 Å². The summed E-state index contributed by atoms with van der Waals surface area (Å²) in [5.41, 5.74) is 1.97. The largest absolute Gasteiger partial charge is 0.488 e. The van der Waals surface area contributed by atoms with Crippen LogP contribution in [0.3, 0.4) is 0 Å². The van der Waals surface area contributed by atoms with E-state index in [9.17, 15) is 4.79 Å². The van der Waals surface area contributed by atoms with E-state index < -0.39 is 12.1 Å². The second kappa shape index (κ2) is 4.99. The molecule has 0 saturated carbocycles. The fraction of sp³-hybridized carbons (Fsp3) is 0.200. The first-order chi connectivity index (χ1) is 9.69. The van der Waals surface area contributed by atoms with Gasteiger partial charge in [0.05, 0.1) is 0 Å². The van der Waals surface area contributed by atoms with Crippen LogP contribution in [-0.4, -0.2) is 12.1 Å². The number of ether oxygens (including phenoxy) is 2. The predicted molar refractivity (Wildman–Crippen MR) is 74.6 cm³/mol. The van der Waals surface area contributed by atoms with Gasteiger partial charge in [0.1, 0.15) is 23.3 Å². The minimum Gasteiger partial charge on any atom is -0.488 e. The van der Waals surface area contributed by atoms with Crippen LogP contribution in [0.25, 0.3) is 10.4 Å². The maximum atomic E-state index is 11.9. The minimum absolute atomic E-state index is 0.448. The molecule has 0 aliphatic carbocycles. The third kappa shape index (κ3) is 2.15. The number of carbonyl (C=O) groups is 1. The van der Waals surface area contributed by atoms with Gasteiger partial charge in [0.2, 0.25) is 0 Å². The maximum absolute atomic E-state index is 11.9. The lowest BCUT2D eigenvalue weighted by atomic mass is 10.1. The molecule has 2 heterocycles. The van der Waals surface area contributed by atoms with Crippen LogP contribution in [0.15, 0.2) is 30.3 Å². The van der Waals surface area contributed by atoms with Crippen molar-refractivity contribution in [3.8, 4) is 22.3 Å². The molecule has 1 aromatic heterocycles. The highest BCUT2D eigenvalue weighted by molar-refractivity contribution is 7.17. The Morgan fingerprint density at radius 2 is 2.30 bits per heavy atom. The van der Waals surface area contributed by atoms with Crippen molar-refractivity contribution < 1.29 is 14.3 Å². The fourth-order valence-electron chi connectivity index (χ4n) is 2.05. The Kier molecular flexibility index (Phi) is 3.17. The number of fused-ring (bicyclic) bond motifs is 3. The summed E-state index contributed by atoms with van der Waals surface area (Å²) in [6.45, 7) is 1.99. The second-order valence-corrected chi connectivity index (χ2v) is 5.48. The molecule has 2 aromatic rings. The van der Waals surface area contributed by atoms with Crippen molar-refractivity contribution in [2.24, 2.45) is 0 Å². The Labute approximate surface area is 120 Å². The summed E-state index contributed by atoms with van der Waals surface area (Å²) in [5.74, 6) is 0.364. The average Bonchev–Trinajstić information content (AvgIpc) is 2.91. The molecule has 5 heteroatoms. The lowest BCUT2D eigenvalue weighted by Gasteiger charge is -2.16. The van der Waals surface area contributed by atoms with Gasteiger partial charge in [0.25, 0.3) is 0 Å². The number of thiophene rings is 1. The molecule has 0 N–H and O–H groups in total. The lowest BCUT2D eigenvalue weighted by molar-refractivity contribution is 0.0441. The third-order valence-corrected chi connectivity index (χ3v) is 4.18. The molecule has 1 aromatic carbocycles. The van der Waals surface area contributed by atoms with Gasteiger partial charge in [-0.15, -0.1) is 11.3 Å². The van der Waals surface area contributed by atoms with Crippen LogP contribution in [0.5, 0.6) is 5.75 Å². The van der Waals surface area contributed by atoms with E-state index in [1.165, 1.54) is 11.3 Å². The number of rotatable bonds is 2. The SMILES string of the molecule is C[C@H](C#N)OC(=O)c1cc2c(s1)-c1ccccc1OC2. The number of benzene rings is 1. The normalized spacial score (nSPS) is 13.4. The number of hydrogen-bond donors (Lipinski definition) is 0. The highest BCUT2D eigenvalue weighted by Gasteiger charge is 2.23. The first-order valence-electron chi connectivity index (χ1n) is 6.14. The Hall–Kier alpha value is -2.32.